The number of nitrogens with zero attached hydrogens (tertiary/aromatic N) is 3. The van der Waals surface area contributed by atoms with E-state index in [2.05, 4.69) is 9.88 Å². The molecule has 4 nitrogen and oxygen atoms in total. The molecule has 5 heteroatoms. The summed E-state index contributed by atoms with van der Waals surface area (Å²) in [6.45, 7) is 3.58. The predicted molar refractivity (Wildman–Crippen MR) is 97.6 cm³/mol. The summed E-state index contributed by atoms with van der Waals surface area (Å²) in [4.78, 5) is 21.6. The number of pyridine rings is 1. The van der Waals surface area contributed by atoms with Crippen LogP contribution in [0.1, 0.15) is 30.4 Å². The molecule has 0 N–H and O–H groups in total. The van der Waals surface area contributed by atoms with Crippen LogP contribution in [0.2, 0.25) is 0 Å². The first kappa shape index (κ1) is 17.2. The highest BCUT2D eigenvalue weighted by molar-refractivity contribution is 5.84. The summed E-state index contributed by atoms with van der Waals surface area (Å²) in [7, 11) is 0. The van der Waals surface area contributed by atoms with E-state index in [9.17, 15) is 9.18 Å². The zero-order chi connectivity index (χ0) is 18.0. The Balaban J connectivity index is 1.45. The summed E-state index contributed by atoms with van der Waals surface area (Å²) < 4.78 is 14.0. The van der Waals surface area contributed by atoms with Crippen molar-refractivity contribution < 1.29 is 9.18 Å². The summed E-state index contributed by atoms with van der Waals surface area (Å²) in [5.41, 5.74) is 1.48. The first-order valence-electron chi connectivity index (χ1n) is 9.30. The van der Waals surface area contributed by atoms with Crippen molar-refractivity contribution in [3.05, 3.63) is 65.7 Å². The van der Waals surface area contributed by atoms with E-state index in [1.165, 1.54) is 6.07 Å². The van der Waals surface area contributed by atoms with E-state index in [1.807, 2.05) is 35.4 Å². The predicted octanol–water partition coefficient (Wildman–Crippen LogP) is 3.24. The normalized spacial score (nSPS) is 23.7. The number of aromatic nitrogens is 1. The van der Waals surface area contributed by atoms with Crippen LogP contribution in [-0.2, 0) is 17.9 Å². The van der Waals surface area contributed by atoms with Gasteiger partial charge in [0.15, 0.2) is 0 Å². The molecule has 136 valence electrons. The second kappa shape index (κ2) is 7.16. The van der Waals surface area contributed by atoms with Crippen LogP contribution in [0.15, 0.2) is 48.8 Å². The van der Waals surface area contributed by atoms with Crippen LogP contribution in [-0.4, -0.2) is 40.3 Å². The molecule has 0 saturated carbocycles. The van der Waals surface area contributed by atoms with Crippen LogP contribution >= 0.6 is 0 Å². The molecular formula is C21H24FN3O. The van der Waals surface area contributed by atoms with Gasteiger partial charge in [-0.1, -0.05) is 24.3 Å². The molecule has 1 aromatic heterocycles. The Morgan fingerprint density at radius 3 is 2.77 bits per heavy atom. The van der Waals surface area contributed by atoms with Crippen molar-refractivity contribution >= 4 is 5.91 Å². The van der Waals surface area contributed by atoms with Crippen LogP contribution in [0, 0.1) is 11.2 Å². The lowest BCUT2D eigenvalue weighted by Gasteiger charge is -2.39. The first-order valence-corrected chi connectivity index (χ1v) is 9.30. The monoisotopic (exact) mass is 353 g/mol. The Kier molecular flexibility index (Phi) is 4.72. The van der Waals surface area contributed by atoms with E-state index in [0.29, 0.717) is 18.7 Å². The van der Waals surface area contributed by atoms with Gasteiger partial charge in [-0.05, 0) is 43.5 Å². The minimum atomic E-state index is -0.300. The Morgan fingerprint density at radius 2 is 1.96 bits per heavy atom. The summed E-state index contributed by atoms with van der Waals surface area (Å²) >= 11 is 0. The fraction of sp³-hybridized carbons (Fsp3) is 0.429. The lowest BCUT2D eigenvalue weighted by atomic mass is 9.78. The fourth-order valence-corrected chi connectivity index (χ4v) is 4.35. The Morgan fingerprint density at radius 1 is 1.08 bits per heavy atom. The van der Waals surface area contributed by atoms with Crippen molar-refractivity contribution in [3.63, 3.8) is 0 Å². The van der Waals surface area contributed by atoms with Crippen molar-refractivity contribution in [3.8, 4) is 0 Å². The number of amides is 1. The van der Waals surface area contributed by atoms with Crippen molar-refractivity contribution in [1.82, 2.24) is 14.8 Å². The van der Waals surface area contributed by atoms with Gasteiger partial charge in [-0.3, -0.25) is 14.7 Å². The minimum Gasteiger partial charge on any atom is -0.338 e. The van der Waals surface area contributed by atoms with Crippen LogP contribution in [0.4, 0.5) is 4.39 Å². The van der Waals surface area contributed by atoms with E-state index in [1.54, 1.807) is 12.3 Å². The van der Waals surface area contributed by atoms with Gasteiger partial charge >= 0.3 is 0 Å². The molecule has 2 aliphatic heterocycles. The standard InChI is InChI=1S/C21H24FN3O/c22-19-7-2-1-6-18(19)15-24-12-9-21(16-24)8-4-11-25(20(21)26)14-17-5-3-10-23-13-17/h1-3,5-7,10,13H,4,8-9,11-12,14-16H2/t21-/m1/s1. The molecule has 0 aliphatic carbocycles. The lowest BCUT2D eigenvalue weighted by molar-refractivity contribution is -0.146. The number of hydrogen-bond acceptors (Lipinski definition) is 3. The molecule has 0 bridgehead atoms. The zero-order valence-corrected chi connectivity index (χ0v) is 14.9. The summed E-state index contributed by atoms with van der Waals surface area (Å²) in [6.07, 6.45) is 6.40. The van der Waals surface area contributed by atoms with Gasteiger partial charge in [-0.15, -0.1) is 0 Å². The molecule has 4 rings (SSSR count). The van der Waals surface area contributed by atoms with Crippen LogP contribution in [0.25, 0.3) is 0 Å². The largest absolute Gasteiger partial charge is 0.338 e. The molecule has 1 spiro atoms. The lowest BCUT2D eigenvalue weighted by Crippen LogP contribution is -2.49. The number of rotatable bonds is 4. The highest BCUT2D eigenvalue weighted by atomic mass is 19.1. The second-order valence-corrected chi connectivity index (χ2v) is 7.52. The maximum atomic E-state index is 14.0. The van der Waals surface area contributed by atoms with Gasteiger partial charge in [0.25, 0.3) is 0 Å². The number of halogens is 1. The highest BCUT2D eigenvalue weighted by Crippen LogP contribution is 2.41. The second-order valence-electron chi connectivity index (χ2n) is 7.52. The topological polar surface area (TPSA) is 36.4 Å². The molecular weight excluding hydrogens is 329 g/mol. The number of likely N-dealkylation sites (tertiary alicyclic amines) is 2. The van der Waals surface area contributed by atoms with Crippen molar-refractivity contribution in [2.24, 2.45) is 5.41 Å². The van der Waals surface area contributed by atoms with Gasteiger partial charge in [-0.2, -0.15) is 0 Å². The summed E-state index contributed by atoms with van der Waals surface area (Å²) in [5.74, 6) is 0.0882. The number of piperidine rings is 1. The molecule has 26 heavy (non-hydrogen) atoms. The number of carbonyl (C=O) groups excluding carboxylic acids is 1. The van der Waals surface area contributed by atoms with Gasteiger partial charge in [0, 0.05) is 44.1 Å². The molecule has 0 unspecified atom stereocenters. The van der Waals surface area contributed by atoms with E-state index < -0.39 is 0 Å². The van der Waals surface area contributed by atoms with Gasteiger partial charge in [0.2, 0.25) is 5.91 Å². The van der Waals surface area contributed by atoms with Gasteiger partial charge in [0.05, 0.1) is 5.41 Å². The fourth-order valence-electron chi connectivity index (χ4n) is 4.35. The van der Waals surface area contributed by atoms with Gasteiger partial charge in [-0.25, -0.2) is 4.39 Å². The third kappa shape index (κ3) is 3.36. The summed E-state index contributed by atoms with van der Waals surface area (Å²) in [5, 5.41) is 0. The van der Waals surface area contributed by atoms with Crippen molar-refractivity contribution in [1.29, 1.82) is 0 Å². The quantitative estimate of drug-likeness (QED) is 0.847. The average Bonchev–Trinajstić information content (AvgIpc) is 3.06. The maximum Gasteiger partial charge on any atom is 0.230 e. The number of hydrogen-bond donors (Lipinski definition) is 0. The molecule has 2 saturated heterocycles. The molecule has 0 radical (unpaired) electrons. The Bertz CT molecular complexity index is 782. The molecule has 3 heterocycles. The maximum absolute atomic E-state index is 14.0. The average molecular weight is 353 g/mol. The SMILES string of the molecule is O=C1N(Cc2cccnc2)CCC[C@]12CCN(Cc1ccccc1F)C2. The molecule has 1 amide bonds. The molecule has 2 fully saturated rings. The molecule has 1 aromatic carbocycles. The first-order chi connectivity index (χ1) is 12.7. The third-order valence-corrected chi connectivity index (χ3v) is 5.71. The Labute approximate surface area is 153 Å². The number of benzene rings is 1. The third-order valence-electron chi connectivity index (χ3n) is 5.71. The van der Waals surface area contributed by atoms with Crippen LogP contribution in [0.3, 0.4) is 0 Å². The number of carbonyl (C=O) groups is 1. The highest BCUT2D eigenvalue weighted by Gasteiger charge is 2.48. The van der Waals surface area contributed by atoms with E-state index in [4.69, 9.17) is 0 Å². The molecule has 2 aromatic rings. The smallest absolute Gasteiger partial charge is 0.230 e. The van der Waals surface area contributed by atoms with Crippen LogP contribution in [0.5, 0.6) is 0 Å². The zero-order valence-electron chi connectivity index (χ0n) is 14.9. The Hall–Kier alpha value is -2.27. The van der Waals surface area contributed by atoms with Crippen molar-refractivity contribution in [2.75, 3.05) is 19.6 Å². The van der Waals surface area contributed by atoms with Gasteiger partial charge < -0.3 is 4.90 Å². The van der Waals surface area contributed by atoms with Crippen LogP contribution < -0.4 is 0 Å². The molecule has 1 atom stereocenters. The summed E-state index contributed by atoms with van der Waals surface area (Å²) in [6, 6.07) is 10.8. The van der Waals surface area contributed by atoms with Crippen molar-refractivity contribution in [2.45, 2.75) is 32.4 Å². The van der Waals surface area contributed by atoms with E-state index in [0.717, 1.165) is 44.5 Å². The van der Waals surface area contributed by atoms with E-state index in [-0.39, 0.29) is 17.1 Å². The minimum absolute atomic E-state index is 0.165. The molecule has 2 aliphatic rings. The van der Waals surface area contributed by atoms with Gasteiger partial charge in [0.1, 0.15) is 5.82 Å². The van der Waals surface area contributed by atoms with E-state index >= 15 is 0 Å².